The first-order valence-electron chi connectivity index (χ1n) is 0.617. The van der Waals surface area contributed by atoms with Crippen molar-refractivity contribution in [3.8, 4) is 0 Å². The van der Waals surface area contributed by atoms with Crippen molar-refractivity contribution >= 4 is 0 Å². The second-order valence-electron chi connectivity index (χ2n) is 0.126. The molecule has 0 aromatic rings. The van der Waals surface area contributed by atoms with Gasteiger partial charge in [-0.2, -0.15) is 0 Å². The fourth-order valence-electron chi connectivity index (χ4n) is 0. The van der Waals surface area contributed by atoms with Gasteiger partial charge < -0.3 is 18.6 Å². The maximum Gasteiger partial charge on any atom is 1.00 e. The van der Waals surface area contributed by atoms with Gasteiger partial charge >= 0.3 is 31.0 Å². The average molecular weight is 159 g/mol. The zero-order chi connectivity index (χ0) is 5.41. The monoisotopic (exact) mass is 158 g/mol. The molecule has 0 bridgehead atoms. The van der Waals surface area contributed by atoms with Crippen LogP contribution in [0.1, 0.15) is 1.43 Å². The van der Waals surface area contributed by atoms with E-state index < -0.39 is 22.7 Å². The second kappa shape index (κ2) is 26.1. The SMILES string of the molecule is [H+].[Na+].[O-][Cl+][O-].[O-][Cl+][O-]. The summed E-state index contributed by atoms with van der Waals surface area (Å²) in [7, 11) is 0. The largest absolute Gasteiger partial charge is 1.00 e. The van der Waals surface area contributed by atoms with E-state index in [1.807, 2.05) is 0 Å². The second-order valence-corrected chi connectivity index (χ2v) is 0.378. The molecule has 7 heteroatoms. The zero-order valence-electron chi connectivity index (χ0n) is 4.39. The van der Waals surface area contributed by atoms with Crippen molar-refractivity contribution < 1.29 is 72.3 Å². The topological polar surface area (TPSA) is 92.2 Å². The zero-order valence-corrected chi connectivity index (χ0v) is 6.90. The Morgan fingerprint density at radius 2 is 0.857 bits per heavy atom. The van der Waals surface area contributed by atoms with Crippen molar-refractivity contribution in [2.24, 2.45) is 0 Å². The molecule has 0 spiro atoms. The summed E-state index contributed by atoms with van der Waals surface area (Å²) in [6.45, 7) is 0. The fraction of sp³-hybridized carbons (Fsp3) is 0. The minimum Gasteiger partial charge on any atom is -0.544 e. The Hall–Kier alpha value is 1.42. The molecule has 0 aromatic heterocycles. The average Bonchev–Trinajstić information content (AvgIpc) is 1.39. The van der Waals surface area contributed by atoms with Gasteiger partial charge in [0.25, 0.3) is 0 Å². The van der Waals surface area contributed by atoms with Crippen molar-refractivity contribution in [2.45, 2.75) is 0 Å². The van der Waals surface area contributed by atoms with Crippen LogP contribution in [0, 0.1) is 22.7 Å². The molecule has 0 fully saturated rings. The van der Waals surface area contributed by atoms with Crippen LogP contribution >= 0.6 is 0 Å². The molecule has 40 valence electrons. The van der Waals surface area contributed by atoms with Gasteiger partial charge in [0.1, 0.15) is 0 Å². The summed E-state index contributed by atoms with van der Waals surface area (Å²) < 4.78 is 32.9. The summed E-state index contributed by atoms with van der Waals surface area (Å²) in [6.07, 6.45) is 0. The van der Waals surface area contributed by atoms with E-state index >= 15 is 0 Å². The summed E-state index contributed by atoms with van der Waals surface area (Å²) in [6, 6.07) is 0. The molecule has 0 aliphatic rings. The van der Waals surface area contributed by atoms with Crippen LogP contribution < -0.4 is 48.2 Å². The Morgan fingerprint density at radius 1 is 0.857 bits per heavy atom. The molecule has 0 saturated heterocycles. The Bertz CT molecular complexity index is 16.0. The van der Waals surface area contributed by atoms with Gasteiger partial charge in [-0.3, -0.25) is 0 Å². The number of halogens is 2. The van der Waals surface area contributed by atoms with Crippen LogP contribution in [0.2, 0.25) is 0 Å². The molecule has 4 nitrogen and oxygen atoms in total. The van der Waals surface area contributed by atoms with E-state index in [1.165, 1.54) is 0 Å². The van der Waals surface area contributed by atoms with E-state index in [-0.39, 0.29) is 31.0 Å². The van der Waals surface area contributed by atoms with E-state index in [1.54, 1.807) is 0 Å². The van der Waals surface area contributed by atoms with E-state index in [2.05, 4.69) is 0 Å². The van der Waals surface area contributed by atoms with Crippen molar-refractivity contribution in [3.05, 3.63) is 0 Å². The summed E-state index contributed by atoms with van der Waals surface area (Å²) in [5.74, 6) is 0. The number of hydrogen-bond donors (Lipinski definition) is 0. The van der Waals surface area contributed by atoms with Gasteiger partial charge in [-0.25, -0.2) is 0 Å². The molecule has 0 heterocycles. The summed E-state index contributed by atoms with van der Waals surface area (Å²) in [5.41, 5.74) is 0. The van der Waals surface area contributed by atoms with Crippen LogP contribution in [0.3, 0.4) is 0 Å². The van der Waals surface area contributed by atoms with Gasteiger partial charge in [0, 0.05) is 0 Å². The van der Waals surface area contributed by atoms with Gasteiger partial charge in [0.15, 0.2) is 0 Å². The minimum atomic E-state index is -0.417. The maximum absolute atomic E-state index is 8.24. The van der Waals surface area contributed by atoms with E-state index in [9.17, 15) is 0 Å². The van der Waals surface area contributed by atoms with Crippen molar-refractivity contribution in [1.29, 1.82) is 0 Å². The Morgan fingerprint density at radius 3 is 0.857 bits per heavy atom. The van der Waals surface area contributed by atoms with Crippen LogP contribution in [-0.4, -0.2) is 0 Å². The third kappa shape index (κ3) is 108. The van der Waals surface area contributed by atoms with Gasteiger partial charge in [0.2, 0.25) is 0 Å². The first kappa shape index (κ1) is 15.8. The molecule has 0 aliphatic heterocycles. The molecule has 0 atom stereocenters. The fourth-order valence-corrected chi connectivity index (χ4v) is 0. The van der Waals surface area contributed by atoms with Crippen LogP contribution in [0.25, 0.3) is 0 Å². The van der Waals surface area contributed by atoms with Gasteiger partial charge in [0.05, 0.1) is 22.7 Å². The molecule has 0 aliphatic carbocycles. The van der Waals surface area contributed by atoms with Gasteiger partial charge in [-0.15, -0.1) is 0 Å². The standard InChI is InChI=1S/2ClO2.Na/c2*2-1-3;/q2*-1;+1/p+1. The van der Waals surface area contributed by atoms with Crippen molar-refractivity contribution in [2.75, 3.05) is 0 Å². The van der Waals surface area contributed by atoms with Crippen LogP contribution in [0.4, 0.5) is 0 Å². The molecule has 0 radical (unpaired) electrons. The molecule has 0 unspecified atom stereocenters. The van der Waals surface area contributed by atoms with Crippen LogP contribution in [0.15, 0.2) is 0 Å². The van der Waals surface area contributed by atoms with E-state index in [0.717, 1.165) is 0 Å². The minimum absolute atomic E-state index is 0. The van der Waals surface area contributed by atoms with E-state index in [0.29, 0.717) is 0 Å². The van der Waals surface area contributed by atoms with Gasteiger partial charge in [-0.05, 0) is 0 Å². The Balaban J connectivity index is -0.0000000160. The maximum atomic E-state index is 8.24. The molecule has 0 saturated carbocycles. The van der Waals surface area contributed by atoms with Gasteiger partial charge in [-0.1, -0.05) is 0 Å². The molecular weight excluding hydrogens is 158 g/mol. The van der Waals surface area contributed by atoms with E-state index in [4.69, 9.17) is 18.6 Å². The third-order valence-electron chi connectivity index (χ3n) is 0. The Kier molecular flexibility index (Phi) is 58.9. The van der Waals surface area contributed by atoms with Crippen LogP contribution in [-0.2, 0) is 0 Å². The quantitative estimate of drug-likeness (QED) is 0.328. The van der Waals surface area contributed by atoms with Crippen LogP contribution in [0.5, 0.6) is 0 Å². The summed E-state index contributed by atoms with van der Waals surface area (Å²) >= 11 is -0.833. The summed E-state index contributed by atoms with van der Waals surface area (Å²) in [4.78, 5) is 0. The molecule has 0 N–H and O–H groups in total. The smallest absolute Gasteiger partial charge is 0.544 e. The molecule has 0 aromatic carbocycles. The first-order chi connectivity index (χ1) is 2.83. The molecule has 0 rings (SSSR count). The third-order valence-corrected chi connectivity index (χ3v) is 0. The predicted octanol–water partition coefficient (Wildman–Crippen LogP) is -7.64. The molecule has 7 heavy (non-hydrogen) atoms. The summed E-state index contributed by atoms with van der Waals surface area (Å²) in [5, 5.41) is 0. The Labute approximate surface area is 72.1 Å². The molecular formula is HCl2NaO4. The van der Waals surface area contributed by atoms with Crippen molar-refractivity contribution in [3.63, 3.8) is 0 Å². The number of hydrogen-bond acceptors (Lipinski definition) is 4. The molecule has 0 amide bonds. The normalized spacial score (nSPS) is 5.14. The van der Waals surface area contributed by atoms with Crippen molar-refractivity contribution in [1.82, 2.24) is 0 Å². The number of rotatable bonds is 0. The first-order valence-corrected chi connectivity index (χ1v) is 1.85. The predicted molar refractivity (Wildman–Crippen MR) is 1.11 cm³/mol.